The lowest BCUT2D eigenvalue weighted by Crippen LogP contribution is -2.55. The first-order valence-corrected chi connectivity index (χ1v) is 7.15. The molecule has 0 aromatic heterocycles. The minimum absolute atomic E-state index is 0.00471. The molecule has 1 rings (SSSR count). The van der Waals surface area contributed by atoms with Gasteiger partial charge in [0.25, 0.3) is 0 Å². The van der Waals surface area contributed by atoms with Crippen LogP contribution in [-0.4, -0.2) is 34.8 Å². The molecular formula is C14H26N2O2. The lowest BCUT2D eigenvalue weighted by atomic mass is 9.87. The quantitative estimate of drug-likeness (QED) is 0.816. The second-order valence-electron chi connectivity index (χ2n) is 5.05. The molecule has 1 fully saturated rings. The summed E-state index contributed by atoms with van der Waals surface area (Å²) in [5.74, 6) is 0.0869. The second-order valence-corrected chi connectivity index (χ2v) is 5.05. The summed E-state index contributed by atoms with van der Waals surface area (Å²) in [5.41, 5.74) is -0.0865. The molecule has 4 heteroatoms. The third-order valence-corrected chi connectivity index (χ3v) is 4.42. The van der Waals surface area contributed by atoms with Crippen LogP contribution in [0, 0.1) is 0 Å². The van der Waals surface area contributed by atoms with Crippen molar-refractivity contribution < 1.29 is 9.59 Å². The lowest BCUT2D eigenvalue weighted by molar-refractivity contribution is -0.140. The molecule has 2 amide bonds. The zero-order chi connectivity index (χ0) is 13.8. The maximum absolute atomic E-state index is 12.6. The van der Waals surface area contributed by atoms with Gasteiger partial charge in [-0.15, -0.1) is 0 Å². The van der Waals surface area contributed by atoms with Crippen molar-refractivity contribution in [2.45, 2.75) is 71.4 Å². The van der Waals surface area contributed by atoms with Crippen LogP contribution in [-0.2, 0) is 9.59 Å². The molecule has 0 radical (unpaired) electrons. The zero-order valence-electron chi connectivity index (χ0n) is 12.1. The Labute approximate surface area is 110 Å². The number of carbonyl (C=O) groups is 2. The number of amides is 2. The number of hydrogen-bond donors (Lipinski definition) is 1. The van der Waals surface area contributed by atoms with E-state index in [-0.39, 0.29) is 23.4 Å². The topological polar surface area (TPSA) is 49.4 Å². The van der Waals surface area contributed by atoms with E-state index in [1.807, 2.05) is 11.8 Å². The molecule has 1 aliphatic rings. The van der Waals surface area contributed by atoms with Crippen molar-refractivity contribution in [2.24, 2.45) is 0 Å². The molecule has 1 heterocycles. The molecule has 1 N–H and O–H groups in total. The normalized spacial score (nSPS) is 21.8. The Morgan fingerprint density at radius 3 is 2.17 bits per heavy atom. The van der Waals surface area contributed by atoms with Crippen LogP contribution in [0.5, 0.6) is 0 Å². The average molecular weight is 254 g/mol. The fourth-order valence-electron chi connectivity index (χ4n) is 2.91. The molecule has 1 unspecified atom stereocenters. The van der Waals surface area contributed by atoms with Crippen molar-refractivity contribution >= 4 is 11.8 Å². The SMILES string of the molecule is CCC1NC(=O)CCN(C(CC)(CC)CC)C1=O. The van der Waals surface area contributed by atoms with Crippen molar-refractivity contribution in [1.82, 2.24) is 10.2 Å². The van der Waals surface area contributed by atoms with E-state index in [1.54, 1.807) is 0 Å². The van der Waals surface area contributed by atoms with Gasteiger partial charge in [0.15, 0.2) is 0 Å². The van der Waals surface area contributed by atoms with Crippen molar-refractivity contribution in [3.63, 3.8) is 0 Å². The third kappa shape index (κ3) is 2.68. The first-order valence-electron chi connectivity index (χ1n) is 7.15. The van der Waals surface area contributed by atoms with E-state index in [0.29, 0.717) is 19.4 Å². The summed E-state index contributed by atoms with van der Waals surface area (Å²) >= 11 is 0. The number of nitrogens with zero attached hydrogens (tertiary/aromatic N) is 1. The van der Waals surface area contributed by atoms with Crippen LogP contribution in [0.15, 0.2) is 0 Å². The van der Waals surface area contributed by atoms with Gasteiger partial charge in [-0.2, -0.15) is 0 Å². The minimum atomic E-state index is -0.343. The summed E-state index contributed by atoms with van der Waals surface area (Å²) in [6.07, 6.45) is 3.90. The smallest absolute Gasteiger partial charge is 0.245 e. The van der Waals surface area contributed by atoms with Crippen molar-refractivity contribution in [3.8, 4) is 0 Å². The molecule has 0 aromatic rings. The molecule has 0 saturated carbocycles. The van der Waals surface area contributed by atoms with Crippen LogP contribution < -0.4 is 5.32 Å². The van der Waals surface area contributed by atoms with Crippen LogP contribution in [0.1, 0.15) is 59.8 Å². The average Bonchev–Trinajstić information content (AvgIpc) is 2.53. The highest BCUT2D eigenvalue weighted by atomic mass is 16.2. The third-order valence-electron chi connectivity index (χ3n) is 4.42. The van der Waals surface area contributed by atoms with Gasteiger partial charge < -0.3 is 10.2 Å². The Kier molecular flexibility index (Phi) is 5.17. The Morgan fingerprint density at radius 2 is 1.72 bits per heavy atom. The summed E-state index contributed by atoms with van der Waals surface area (Å²) in [5, 5.41) is 2.82. The Balaban J connectivity index is 3.04. The molecule has 18 heavy (non-hydrogen) atoms. The molecule has 1 aliphatic heterocycles. The van der Waals surface area contributed by atoms with Crippen molar-refractivity contribution in [2.75, 3.05) is 6.54 Å². The fourth-order valence-corrected chi connectivity index (χ4v) is 2.91. The minimum Gasteiger partial charge on any atom is -0.344 e. The molecule has 104 valence electrons. The van der Waals surface area contributed by atoms with E-state index in [2.05, 4.69) is 26.1 Å². The fraction of sp³-hybridized carbons (Fsp3) is 0.857. The summed E-state index contributed by atoms with van der Waals surface area (Å²) in [7, 11) is 0. The molecule has 0 aromatic carbocycles. The van der Waals surface area contributed by atoms with Crippen LogP contribution in [0.25, 0.3) is 0 Å². The molecule has 0 bridgehead atoms. The molecular weight excluding hydrogens is 228 g/mol. The summed E-state index contributed by atoms with van der Waals surface area (Å²) in [4.78, 5) is 26.2. The van der Waals surface area contributed by atoms with E-state index in [4.69, 9.17) is 0 Å². The Bertz CT molecular complexity index is 303. The Hall–Kier alpha value is -1.06. The van der Waals surface area contributed by atoms with E-state index in [1.165, 1.54) is 0 Å². The van der Waals surface area contributed by atoms with Gasteiger partial charge in [-0.05, 0) is 25.7 Å². The maximum atomic E-state index is 12.6. The van der Waals surface area contributed by atoms with Gasteiger partial charge in [0.2, 0.25) is 11.8 Å². The van der Waals surface area contributed by atoms with Crippen LogP contribution in [0.2, 0.25) is 0 Å². The lowest BCUT2D eigenvalue weighted by Gasteiger charge is -2.43. The molecule has 0 aliphatic carbocycles. The highest BCUT2D eigenvalue weighted by Gasteiger charge is 2.39. The molecule has 0 spiro atoms. The van der Waals surface area contributed by atoms with Crippen LogP contribution in [0.4, 0.5) is 0 Å². The number of rotatable bonds is 5. The van der Waals surface area contributed by atoms with Crippen LogP contribution in [0.3, 0.4) is 0 Å². The Morgan fingerprint density at radius 1 is 1.17 bits per heavy atom. The second kappa shape index (κ2) is 6.21. The van der Waals surface area contributed by atoms with Gasteiger partial charge in [-0.1, -0.05) is 27.7 Å². The van der Waals surface area contributed by atoms with Gasteiger partial charge in [0, 0.05) is 18.5 Å². The summed E-state index contributed by atoms with van der Waals surface area (Å²) in [6.45, 7) is 8.87. The van der Waals surface area contributed by atoms with Crippen molar-refractivity contribution in [3.05, 3.63) is 0 Å². The van der Waals surface area contributed by atoms with Gasteiger partial charge in [0.05, 0.1) is 0 Å². The standard InChI is InChI=1S/C14H26N2O2/c1-5-11-13(18)16(10-9-12(17)15-11)14(6-2,7-3)8-4/h11H,5-10H2,1-4H3,(H,15,17). The van der Waals surface area contributed by atoms with Crippen LogP contribution >= 0.6 is 0 Å². The number of nitrogens with one attached hydrogen (secondary N) is 1. The number of hydrogen-bond acceptors (Lipinski definition) is 2. The van der Waals surface area contributed by atoms with Gasteiger partial charge >= 0.3 is 0 Å². The summed E-state index contributed by atoms with van der Waals surface area (Å²) < 4.78 is 0. The highest BCUT2D eigenvalue weighted by molar-refractivity contribution is 5.90. The van der Waals surface area contributed by atoms with Gasteiger partial charge in [-0.3, -0.25) is 9.59 Å². The van der Waals surface area contributed by atoms with E-state index < -0.39 is 0 Å². The van der Waals surface area contributed by atoms with Gasteiger partial charge in [-0.25, -0.2) is 0 Å². The predicted molar refractivity (Wildman–Crippen MR) is 72.2 cm³/mol. The zero-order valence-corrected chi connectivity index (χ0v) is 12.1. The molecule has 1 saturated heterocycles. The summed E-state index contributed by atoms with van der Waals surface area (Å²) in [6, 6.07) is -0.343. The van der Waals surface area contributed by atoms with E-state index in [9.17, 15) is 9.59 Å². The van der Waals surface area contributed by atoms with Crippen molar-refractivity contribution in [1.29, 1.82) is 0 Å². The van der Waals surface area contributed by atoms with E-state index >= 15 is 0 Å². The largest absolute Gasteiger partial charge is 0.344 e. The monoisotopic (exact) mass is 254 g/mol. The predicted octanol–water partition coefficient (Wildman–Crippen LogP) is 2.08. The first-order chi connectivity index (χ1) is 8.54. The van der Waals surface area contributed by atoms with E-state index in [0.717, 1.165) is 19.3 Å². The van der Waals surface area contributed by atoms with Gasteiger partial charge in [0.1, 0.15) is 6.04 Å². The maximum Gasteiger partial charge on any atom is 0.245 e. The number of carbonyl (C=O) groups excluding carboxylic acids is 2. The highest BCUT2D eigenvalue weighted by Crippen LogP contribution is 2.29. The first kappa shape index (κ1) is 15.0. The molecule has 1 atom stereocenters. The molecule has 4 nitrogen and oxygen atoms in total.